The Bertz CT molecular complexity index is 1560. The van der Waals surface area contributed by atoms with Crippen molar-refractivity contribution in [1.29, 1.82) is 0 Å². The lowest BCUT2D eigenvalue weighted by molar-refractivity contribution is -0.138. The van der Waals surface area contributed by atoms with Gasteiger partial charge in [-0.15, -0.1) is 0 Å². The minimum absolute atomic E-state index is 0.0161. The molecule has 9 heteroatoms. The highest BCUT2D eigenvalue weighted by Gasteiger charge is 2.33. The van der Waals surface area contributed by atoms with E-state index >= 15 is 0 Å². The number of nitrogens with zero attached hydrogens (tertiary/aromatic N) is 2. The van der Waals surface area contributed by atoms with Crippen LogP contribution < -0.4 is 19.6 Å². The number of carbonyl (C=O) groups is 2. The van der Waals surface area contributed by atoms with Crippen LogP contribution in [0, 0.1) is 0 Å². The summed E-state index contributed by atoms with van der Waals surface area (Å²) in [5.41, 5.74) is 2.10. The zero-order valence-electron chi connectivity index (χ0n) is 20.7. The molecule has 1 aromatic heterocycles. The number of allylic oxidation sites excluding steroid dienone is 1. The maximum atomic E-state index is 13.8. The Morgan fingerprint density at radius 3 is 2.54 bits per heavy atom. The van der Waals surface area contributed by atoms with Crippen LogP contribution in [0.1, 0.15) is 41.4 Å². The van der Waals surface area contributed by atoms with E-state index in [1.165, 1.54) is 29.1 Å². The van der Waals surface area contributed by atoms with Crippen molar-refractivity contribution in [1.82, 2.24) is 4.57 Å². The van der Waals surface area contributed by atoms with Gasteiger partial charge < -0.3 is 14.2 Å². The molecule has 1 unspecified atom stereocenters. The fraction of sp³-hybridized carbons (Fsp3) is 0.214. The van der Waals surface area contributed by atoms with Gasteiger partial charge >= 0.3 is 11.9 Å². The molecule has 190 valence electrons. The molecule has 0 fully saturated rings. The highest BCUT2D eigenvalue weighted by atomic mass is 32.1. The van der Waals surface area contributed by atoms with E-state index in [4.69, 9.17) is 14.2 Å². The Hall–Kier alpha value is -4.24. The number of esters is 2. The fourth-order valence-corrected chi connectivity index (χ4v) is 5.10. The van der Waals surface area contributed by atoms with Crippen molar-refractivity contribution in [2.75, 3.05) is 20.3 Å². The Morgan fingerprint density at radius 1 is 1.14 bits per heavy atom. The highest BCUT2D eigenvalue weighted by Crippen LogP contribution is 2.31. The molecule has 0 aliphatic carbocycles. The minimum atomic E-state index is -0.801. The first kappa shape index (κ1) is 25.8. The number of hydrogen-bond donors (Lipinski definition) is 0. The van der Waals surface area contributed by atoms with Gasteiger partial charge in [-0.25, -0.2) is 14.6 Å². The van der Waals surface area contributed by atoms with Crippen LogP contribution in [-0.4, -0.2) is 36.8 Å². The number of ether oxygens (including phenoxy) is 3. The lowest BCUT2D eigenvalue weighted by atomic mass is 9.95. The number of rotatable bonds is 8. The second kappa shape index (κ2) is 11.2. The maximum absolute atomic E-state index is 13.8. The predicted octanol–water partition coefficient (Wildman–Crippen LogP) is 3.15. The number of methoxy groups -OCH3 is 1. The van der Waals surface area contributed by atoms with Gasteiger partial charge in [0, 0.05) is 5.56 Å². The summed E-state index contributed by atoms with van der Waals surface area (Å²) in [7, 11) is 1.30. The second-order valence-corrected chi connectivity index (χ2v) is 9.06. The molecule has 0 N–H and O–H groups in total. The van der Waals surface area contributed by atoms with Gasteiger partial charge in [0.2, 0.25) is 0 Å². The number of aromatic nitrogens is 1. The number of benzene rings is 2. The summed E-state index contributed by atoms with van der Waals surface area (Å²) in [5.74, 6) is -0.421. The molecule has 0 saturated heterocycles. The van der Waals surface area contributed by atoms with Gasteiger partial charge in [-0.05, 0) is 43.7 Å². The molecule has 8 nitrogen and oxygen atoms in total. The normalized spacial score (nSPS) is 15.0. The summed E-state index contributed by atoms with van der Waals surface area (Å²) in [4.78, 5) is 43.8. The quantitative estimate of drug-likeness (QED) is 0.336. The van der Waals surface area contributed by atoms with Gasteiger partial charge in [-0.1, -0.05) is 54.3 Å². The molecule has 3 aromatic rings. The molecule has 2 heterocycles. The van der Waals surface area contributed by atoms with Crippen LogP contribution in [0.3, 0.4) is 0 Å². The smallest absolute Gasteiger partial charge is 0.338 e. The first-order chi connectivity index (χ1) is 17.9. The van der Waals surface area contributed by atoms with E-state index in [0.29, 0.717) is 38.5 Å². The molecule has 1 aliphatic rings. The summed E-state index contributed by atoms with van der Waals surface area (Å²) in [6.45, 7) is 7.70. The zero-order valence-corrected chi connectivity index (χ0v) is 21.5. The largest absolute Gasteiger partial charge is 0.493 e. The summed E-state index contributed by atoms with van der Waals surface area (Å²) >= 11 is 1.23. The first-order valence-corrected chi connectivity index (χ1v) is 12.4. The van der Waals surface area contributed by atoms with E-state index in [0.717, 1.165) is 5.56 Å². The third kappa shape index (κ3) is 5.17. The fourth-order valence-electron chi connectivity index (χ4n) is 4.06. The van der Waals surface area contributed by atoms with Crippen molar-refractivity contribution in [3.05, 3.63) is 109 Å². The first-order valence-electron chi connectivity index (χ1n) is 11.6. The maximum Gasteiger partial charge on any atom is 0.338 e. The van der Waals surface area contributed by atoms with Crippen LogP contribution in [-0.2, 0) is 14.3 Å². The standard InChI is InChI=1S/C28H26N2O6S/c1-5-15-36-27(33)23-17(3)29-28-30(24(23)18-11-13-19(14-12-18)26(32)34-4)25(31)22(37-28)16-20-9-7-8-10-21(20)35-6-2/h5,7-14,16,24H,1,6,15H2,2-4H3. The van der Waals surface area contributed by atoms with Gasteiger partial charge in [0.25, 0.3) is 5.56 Å². The van der Waals surface area contributed by atoms with Gasteiger partial charge in [-0.2, -0.15) is 0 Å². The van der Waals surface area contributed by atoms with E-state index in [2.05, 4.69) is 11.6 Å². The van der Waals surface area contributed by atoms with E-state index < -0.39 is 18.0 Å². The van der Waals surface area contributed by atoms with Crippen molar-refractivity contribution in [2.45, 2.75) is 19.9 Å². The number of fused-ring (bicyclic) bond motifs is 1. The molecule has 1 aliphatic heterocycles. The molecule has 37 heavy (non-hydrogen) atoms. The third-order valence-electron chi connectivity index (χ3n) is 5.73. The Labute approximate surface area is 217 Å². The molecule has 0 saturated carbocycles. The summed E-state index contributed by atoms with van der Waals surface area (Å²) in [5, 5.41) is 0. The van der Waals surface area contributed by atoms with Crippen molar-refractivity contribution >= 4 is 29.4 Å². The van der Waals surface area contributed by atoms with E-state index in [9.17, 15) is 14.4 Å². The van der Waals surface area contributed by atoms with E-state index in [1.54, 1.807) is 37.3 Å². The molecular weight excluding hydrogens is 492 g/mol. The summed E-state index contributed by atoms with van der Waals surface area (Å²) in [6.07, 6.45) is 3.24. The number of hydrogen-bond acceptors (Lipinski definition) is 8. The highest BCUT2D eigenvalue weighted by molar-refractivity contribution is 7.07. The molecule has 0 amide bonds. The number of para-hydroxylation sites is 1. The lowest BCUT2D eigenvalue weighted by Crippen LogP contribution is -2.40. The van der Waals surface area contributed by atoms with Crippen molar-refractivity contribution in [2.24, 2.45) is 4.99 Å². The molecule has 1 atom stereocenters. The molecule has 0 radical (unpaired) electrons. The van der Waals surface area contributed by atoms with Gasteiger partial charge in [-0.3, -0.25) is 9.36 Å². The lowest BCUT2D eigenvalue weighted by Gasteiger charge is -2.24. The second-order valence-electron chi connectivity index (χ2n) is 8.05. The van der Waals surface area contributed by atoms with Crippen LogP contribution in [0.5, 0.6) is 5.75 Å². The molecule has 0 bridgehead atoms. The van der Waals surface area contributed by atoms with Crippen molar-refractivity contribution < 1.29 is 23.8 Å². The average molecular weight is 519 g/mol. The van der Waals surface area contributed by atoms with Gasteiger partial charge in [0.1, 0.15) is 12.4 Å². The Morgan fingerprint density at radius 2 is 1.86 bits per heavy atom. The van der Waals surface area contributed by atoms with Crippen LogP contribution in [0.4, 0.5) is 0 Å². The average Bonchev–Trinajstić information content (AvgIpc) is 3.21. The monoisotopic (exact) mass is 518 g/mol. The van der Waals surface area contributed by atoms with Gasteiger partial charge in [0.15, 0.2) is 4.80 Å². The van der Waals surface area contributed by atoms with Crippen LogP contribution in [0.25, 0.3) is 6.08 Å². The molecule has 2 aromatic carbocycles. The Kier molecular flexibility index (Phi) is 7.83. The van der Waals surface area contributed by atoms with Crippen LogP contribution in [0.15, 0.2) is 82.2 Å². The van der Waals surface area contributed by atoms with Crippen LogP contribution >= 0.6 is 11.3 Å². The molecular formula is C28H26N2O6S. The third-order valence-corrected chi connectivity index (χ3v) is 6.71. The molecule has 4 rings (SSSR count). The van der Waals surface area contributed by atoms with Crippen LogP contribution in [0.2, 0.25) is 0 Å². The van der Waals surface area contributed by atoms with Gasteiger partial charge in [0.05, 0.1) is 41.1 Å². The Balaban J connectivity index is 1.91. The SMILES string of the molecule is C=CCOC(=O)C1=C(C)N=c2sc(=Cc3ccccc3OCC)c(=O)n2C1c1ccc(C(=O)OC)cc1. The molecule has 0 spiro atoms. The van der Waals surface area contributed by atoms with E-state index in [1.807, 2.05) is 31.2 Å². The minimum Gasteiger partial charge on any atom is -0.493 e. The van der Waals surface area contributed by atoms with Crippen molar-refractivity contribution in [3.8, 4) is 5.75 Å². The summed E-state index contributed by atoms with van der Waals surface area (Å²) < 4.78 is 17.8. The topological polar surface area (TPSA) is 96.2 Å². The number of thiazole rings is 1. The van der Waals surface area contributed by atoms with Crippen molar-refractivity contribution in [3.63, 3.8) is 0 Å². The predicted molar refractivity (Wildman–Crippen MR) is 140 cm³/mol. The van der Waals surface area contributed by atoms with E-state index in [-0.39, 0.29) is 17.7 Å². The summed E-state index contributed by atoms with van der Waals surface area (Å²) in [6, 6.07) is 13.2. The number of carbonyl (C=O) groups excluding carboxylic acids is 2. The zero-order chi connectivity index (χ0) is 26.5.